The van der Waals surface area contributed by atoms with Crippen LogP contribution >= 0.6 is 0 Å². The maximum Gasteiger partial charge on any atom is 0.101 e. The van der Waals surface area contributed by atoms with Crippen molar-refractivity contribution in [3.63, 3.8) is 0 Å². The van der Waals surface area contributed by atoms with Crippen LogP contribution in [0, 0.1) is 19.3 Å². The van der Waals surface area contributed by atoms with Crippen LogP contribution in [0.2, 0.25) is 0 Å². The summed E-state index contributed by atoms with van der Waals surface area (Å²) in [5, 5.41) is 10.8. The lowest BCUT2D eigenvalue weighted by atomic mass is 9.69. The van der Waals surface area contributed by atoms with Gasteiger partial charge in [0.15, 0.2) is 0 Å². The topological polar surface area (TPSA) is 20.2 Å². The van der Waals surface area contributed by atoms with Crippen LogP contribution in [0.5, 0.6) is 0 Å². The third-order valence-electron chi connectivity index (χ3n) is 4.66. The van der Waals surface area contributed by atoms with Gasteiger partial charge in [-0.3, -0.25) is 0 Å². The smallest absolute Gasteiger partial charge is 0.101 e. The molecule has 0 amide bonds. The minimum Gasteiger partial charge on any atom is -0.384 e. The van der Waals surface area contributed by atoms with Gasteiger partial charge in [0, 0.05) is 0 Å². The largest absolute Gasteiger partial charge is 0.384 e. The molecule has 0 fully saturated rings. The number of rotatable bonds is 2. The molecule has 0 spiro atoms. The second-order valence-corrected chi connectivity index (χ2v) is 6.68. The molecule has 1 nitrogen and oxygen atoms in total. The average molecular weight is 258 g/mol. The molecule has 0 heterocycles. The first kappa shape index (κ1) is 14.3. The van der Waals surface area contributed by atoms with Crippen LogP contribution in [0.3, 0.4) is 0 Å². The molecule has 1 N–H and O–H groups in total. The standard InChI is InChI=1S/C18H26O/c1-12-8-9-15(11-14(12)3)17(19)16-13(2)7-6-10-18(16,4)5/h8-9,11,17,19H,6-7,10H2,1-5H3. The molecule has 1 heteroatoms. The van der Waals surface area contributed by atoms with Crippen LogP contribution in [-0.4, -0.2) is 5.11 Å². The number of hydrogen-bond donors (Lipinski definition) is 1. The van der Waals surface area contributed by atoms with Gasteiger partial charge in [0.25, 0.3) is 0 Å². The van der Waals surface area contributed by atoms with Crippen LogP contribution in [-0.2, 0) is 0 Å². The van der Waals surface area contributed by atoms with Crippen molar-refractivity contribution in [3.05, 3.63) is 46.0 Å². The van der Waals surface area contributed by atoms with E-state index >= 15 is 0 Å². The monoisotopic (exact) mass is 258 g/mol. The highest BCUT2D eigenvalue weighted by Gasteiger charge is 2.33. The SMILES string of the molecule is CC1=C(C(O)c2ccc(C)c(C)c2)C(C)(C)CCC1. The van der Waals surface area contributed by atoms with Gasteiger partial charge in [-0.05, 0) is 67.7 Å². The van der Waals surface area contributed by atoms with Crippen molar-refractivity contribution in [2.45, 2.75) is 60.0 Å². The van der Waals surface area contributed by atoms with Gasteiger partial charge in [-0.2, -0.15) is 0 Å². The minimum atomic E-state index is -0.449. The van der Waals surface area contributed by atoms with E-state index < -0.39 is 6.10 Å². The summed E-state index contributed by atoms with van der Waals surface area (Å²) in [6.45, 7) is 10.9. The molecule has 0 saturated heterocycles. The van der Waals surface area contributed by atoms with E-state index in [1.807, 2.05) is 0 Å². The molecular formula is C18H26O. The van der Waals surface area contributed by atoms with Crippen molar-refractivity contribution in [2.75, 3.05) is 0 Å². The van der Waals surface area contributed by atoms with E-state index in [4.69, 9.17) is 0 Å². The second kappa shape index (κ2) is 5.13. The number of aliphatic hydroxyl groups is 1. The van der Waals surface area contributed by atoms with Gasteiger partial charge in [-0.25, -0.2) is 0 Å². The Kier molecular flexibility index (Phi) is 3.87. The fraction of sp³-hybridized carbons (Fsp3) is 0.556. The van der Waals surface area contributed by atoms with E-state index in [2.05, 4.69) is 52.8 Å². The maximum absolute atomic E-state index is 10.8. The third-order valence-corrected chi connectivity index (χ3v) is 4.66. The summed E-state index contributed by atoms with van der Waals surface area (Å²) in [7, 11) is 0. The highest BCUT2D eigenvalue weighted by atomic mass is 16.3. The molecule has 104 valence electrons. The van der Waals surface area contributed by atoms with Crippen LogP contribution in [0.15, 0.2) is 29.3 Å². The van der Waals surface area contributed by atoms with Crippen LogP contribution in [0.1, 0.15) is 62.8 Å². The Bertz CT molecular complexity index is 508. The number of aliphatic hydroxyl groups excluding tert-OH is 1. The van der Waals surface area contributed by atoms with Crippen molar-refractivity contribution < 1.29 is 5.11 Å². The molecule has 0 aliphatic heterocycles. The predicted octanol–water partition coefficient (Wildman–Crippen LogP) is 4.86. The summed E-state index contributed by atoms with van der Waals surface area (Å²) in [6, 6.07) is 6.31. The van der Waals surface area contributed by atoms with E-state index in [1.54, 1.807) is 0 Å². The van der Waals surface area contributed by atoms with Crippen molar-refractivity contribution in [2.24, 2.45) is 5.41 Å². The first-order chi connectivity index (χ1) is 8.83. The fourth-order valence-corrected chi connectivity index (χ4v) is 3.35. The first-order valence-corrected chi connectivity index (χ1v) is 7.28. The highest BCUT2D eigenvalue weighted by Crippen LogP contribution is 2.46. The molecule has 2 rings (SSSR count). The summed E-state index contributed by atoms with van der Waals surface area (Å²) >= 11 is 0. The maximum atomic E-state index is 10.8. The molecule has 1 aliphatic rings. The zero-order valence-corrected chi connectivity index (χ0v) is 12.9. The Hall–Kier alpha value is -1.08. The van der Waals surface area contributed by atoms with Gasteiger partial charge in [-0.15, -0.1) is 0 Å². The van der Waals surface area contributed by atoms with Crippen LogP contribution in [0.4, 0.5) is 0 Å². The molecule has 1 atom stereocenters. The van der Waals surface area contributed by atoms with E-state index in [9.17, 15) is 5.11 Å². The molecule has 0 bridgehead atoms. The number of hydrogen-bond acceptors (Lipinski definition) is 1. The van der Waals surface area contributed by atoms with Crippen LogP contribution in [0.25, 0.3) is 0 Å². The normalized spacial score (nSPS) is 20.5. The lowest BCUT2D eigenvalue weighted by Crippen LogP contribution is -2.25. The average Bonchev–Trinajstić information content (AvgIpc) is 2.31. The lowest BCUT2D eigenvalue weighted by Gasteiger charge is -2.37. The Balaban J connectivity index is 2.42. The summed E-state index contributed by atoms with van der Waals surface area (Å²) in [5.41, 5.74) is 6.30. The van der Waals surface area contributed by atoms with Gasteiger partial charge in [0.05, 0.1) is 0 Å². The Morgan fingerprint density at radius 3 is 2.37 bits per heavy atom. The second-order valence-electron chi connectivity index (χ2n) is 6.68. The van der Waals surface area contributed by atoms with Crippen molar-refractivity contribution in [1.82, 2.24) is 0 Å². The Morgan fingerprint density at radius 1 is 1.11 bits per heavy atom. The molecule has 0 saturated carbocycles. The fourth-order valence-electron chi connectivity index (χ4n) is 3.35. The van der Waals surface area contributed by atoms with Gasteiger partial charge in [0.1, 0.15) is 6.10 Å². The van der Waals surface area contributed by atoms with Gasteiger partial charge in [0.2, 0.25) is 0 Å². The van der Waals surface area contributed by atoms with Crippen molar-refractivity contribution in [3.8, 4) is 0 Å². The van der Waals surface area contributed by atoms with Crippen molar-refractivity contribution >= 4 is 0 Å². The molecule has 0 radical (unpaired) electrons. The molecule has 1 aromatic carbocycles. The third kappa shape index (κ3) is 2.76. The molecule has 1 aliphatic carbocycles. The Labute approximate surface area is 117 Å². The van der Waals surface area contributed by atoms with Gasteiger partial charge < -0.3 is 5.11 Å². The summed E-state index contributed by atoms with van der Waals surface area (Å²) < 4.78 is 0. The van der Waals surface area contributed by atoms with E-state index in [0.29, 0.717) is 0 Å². The summed E-state index contributed by atoms with van der Waals surface area (Å²) in [6.07, 6.45) is 3.08. The predicted molar refractivity (Wildman–Crippen MR) is 81.2 cm³/mol. The summed E-state index contributed by atoms with van der Waals surface area (Å²) in [5.74, 6) is 0. The van der Waals surface area contributed by atoms with Gasteiger partial charge >= 0.3 is 0 Å². The first-order valence-electron chi connectivity index (χ1n) is 7.28. The minimum absolute atomic E-state index is 0.112. The van der Waals surface area contributed by atoms with Gasteiger partial charge in [-0.1, -0.05) is 37.6 Å². The number of aryl methyl sites for hydroxylation is 2. The van der Waals surface area contributed by atoms with E-state index in [1.165, 1.54) is 35.1 Å². The molecule has 1 unspecified atom stereocenters. The molecule has 1 aromatic rings. The number of allylic oxidation sites excluding steroid dienone is 1. The number of benzene rings is 1. The summed E-state index contributed by atoms with van der Waals surface area (Å²) in [4.78, 5) is 0. The quantitative estimate of drug-likeness (QED) is 0.751. The van der Waals surface area contributed by atoms with E-state index in [-0.39, 0.29) is 5.41 Å². The zero-order valence-electron chi connectivity index (χ0n) is 12.9. The van der Waals surface area contributed by atoms with Crippen LogP contribution < -0.4 is 0 Å². The van der Waals surface area contributed by atoms with E-state index in [0.717, 1.165) is 12.0 Å². The molecule has 19 heavy (non-hydrogen) atoms. The highest BCUT2D eigenvalue weighted by molar-refractivity contribution is 5.38. The van der Waals surface area contributed by atoms with Crippen molar-refractivity contribution in [1.29, 1.82) is 0 Å². The molecule has 0 aromatic heterocycles. The zero-order chi connectivity index (χ0) is 14.2. The Morgan fingerprint density at radius 2 is 1.79 bits per heavy atom. The lowest BCUT2D eigenvalue weighted by molar-refractivity contribution is 0.171. The molecular weight excluding hydrogens is 232 g/mol.